The highest BCUT2D eigenvalue weighted by Gasteiger charge is 2.46. The molecule has 0 aliphatic carbocycles. The maximum absolute atomic E-state index is 12.4. The number of nitrogens with one attached hydrogen (secondary N) is 1. The van der Waals surface area contributed by atoms with E-state index in [1.807, 2.05) is 0 Å². The second-order valence-electron chi connectivity index (χ2n) is 9.25. The van der Waals surface area contributed by atoms with Crippen molar-refractivity contribution in [2.24, 2.45) is 0 Å². The van der Waals surface area contributed by atoms with E-state index in [0.717, 1.165) is 0 Å². The Kier molecular flexibility index (Phi) is 8.55. The summed E-state index contributed by atoms with van der Waals surface area (Å²) in [5.74, 6) is 0.239. The maximum atomic E-state index is 12.4. The first kappa shape index (κ1) is 29.4. The first-order valence-electron chi connectivity index (χ1n) is 11.9. The van der Waals surface area contributed by atoms with Crippen LogP contribution in [-0.2, 0) is 39.4 Å². The fourth-order valence-electron chi connectivity index (χ4n) is 4.66. The van der Waals surface area contributed by atoms with Gasteiger partial charge < -0.3 is 29.1 Å². The van der Waals surface area contributed by atoms with Crippen LogP contribution in [-0.4, -0.2) is 71.6 Å². The third-order valence-corrected chi connectivity index (χ3v) is 8.93. The van der Waals surface area contributed by atoms with Crippen LogP contribution in [0.1, 0.15) is 31.2 Å². The Balaban J connectivity index is 1.25. The molecule has 3 aromatic rings. The van der Waals surface area contributed by atoms with Gasteiger partial charge in [-0.25, -0.2) is 19.7 Å². The number of nitrogens with two attached hydrogens (primary N) is 1. The van der Waals surface area contributed by atoms with Crippen molar-refractivity contribution in [1.82, 2.24) is 29.1 Å². The predicted molar refractivity (Wildman–Crippen MR) is 148 cm³/mol. The summed E-state index contributed by atoms with van der Waals surface area (Å²) in [5.41, 5.74) is 5.87. The molecule has 2 fully saturated rings. The van der Waals surface area contributed by atoms with Crippen molar-refractivity contribution in [3.05, 3.63) is 45.3 Å². The van der Waals surface area contributed by atoms with Crippen molar-refractivity contribution in [3.63, 3.8) is 0 Å². The summed E-state index contributed by atoms with van der Waals surface area (Å²) in [6.07, 6.45) is 1.07. The molecule has 3 aromatic heterocycles. The minimum Gasteiger partial charge on any atom is -0.382 e. The number of thiol groups is 1. The van der Waals surface area contributed by atoms with Crippen molar-refractivity contribution < 1.29 is 32.5 Å². The number of H-pyrrole nitrogens is 1. The number of fused-ring (bicyclic) bond motifs is 1. The average molecular weight is 635 g/mol. The summed E-state index contributed by atoms with van der Waals surface area (Å²) in [6.45, 7) is -0.846. The van der Waals surface area contributed by atoms with Crippen LogP contribution in [0.2, 0.25) is 0 Å². The quantitative estimate of drug-likeness (QED) is 0.192. The number of nitrogens with zero attached hydrogens (tertiary/aromatic N) is 5. The summed E-state index contributed by atoms with van der Waals surface area (Å²) >= 11 is 9.07. The summed E-state index contributed by atoms with van der Waals surface area (Å²) in [6, 6.07) is -0.757. The second-order valence-corrected chi connectivity index (χ2v) is 13.7. The van der Waals surface area contributed by atoms with Crippen LogP contribution in [0.15, 0.2) is 28.4 Å². The molecule has 5 heterocycles. The molecule has 5 unspecified atom stereocenters. The summed E-state index contributed by atoms with van der Waals surface area (Å²) in [4.78, 5) is 49.7. The van der Waals surface area contributed by atoms with Gasteiger partial charge in [0.1, 0.15) is 36.4 Å². The summed E-state index contributed by atoms with van der Waals surface area (Å²) < 4.78 is 43.4. The number of hydrogen-bond donors (Lipinski definition) is 4. The van der Waals surface area contributed by atoms with Gasteiger partial charge in [-0.15, -0.1) is 4.52 Å². The first-order valence-corrected chi connectivity index (χ1v) is 16.9. The zero-order valence-corrected chi connectivity index (χ0v) is 24.6. The number of aryl methyl sites for hydroxylation is 1. The van der Waals surface area contributed by atoms with Crippen molar-refractivity contribution in [2.75, 3.05) is 18.9 Å². The monoisotopic (exact) mass is 634 g/mol. The fourth-order valence-corrected chi connectivity index (χ4v) is 6.98. The smallest absolute Gasteiger partial charge is 0.382 e. The van der Waals surface area contributed by atoms with Gasteiger partial charge in [-0.3, -0.25) is 18.9 Å². The Morgan fingerprint density at radius 2 is 2.12 bits per heavy atom. The summed E-state index contributed by atoms with van der Waals surface area (Å²) in [5, 5.41) is 0. The van der Waals surface area contributed by atoms with E-state index < -0.39 is 61.9 Å². The van der Waals surface area contributed by atoms with Crippen LogP contribution >= 0.6 is 26.2 Å². The lowest BCUT2D eigenvalue weighted by atomic mass is 10.1. The van der Waals surface area contributed by atoms with E-state index in [2.05, 4.69) is 32.2 Å². The van der Waals surface area contributed by atoms with Crippen LogP contribution in [0.4, 0.5) is 5.82 Å². The highest BCUT2D eigenvalue weighted by molar-refractivity contribution is 8.39. The lowest BCUT2D eigenvalue weighted by Gasteiger charge is -2.24. The molecule has 2 saturated heterocycles. The molecular weight excluding hydrogens is 608 g/mol. The molecular formula is C20H26N7O9P2S2+. The maximum Gasteiger partial charge on any atom is 0.582 e. The van der Waals surface area contributed by atoms with E-state index >= 15 is 0 Å². The Morgan fingerprint density at radius 1 is 1.35 bits per heavy atom. The molecule has 0 spiro atoms. The van der Waals surface area contributed by atoms with E-state index in [0.29, 0.717) is 23.1 Å². The number of nitrogen functional groups attached to an aromatic ring is 1. The van der Waals surface area contributed by atoms with E-state index in [9.17, 15) is 19.0 Å². The standard InChI is InChI=1S/C20H25N7O9P2S2/c1-9-4-26(20(29)25-19(9)28)11-5-32-13(16(11)35-37(30)39)6-33-38(31,40)36-12-3-14(34-10(12)2)27-8-24-15-17(21)22-7-23-18(15)27/h4,7-8,10-14,16H,3,5-6H2,1-2H3,(H4-,21,22,23,25,28,29,30,31,39,40)/p+1/t10-,11?,12?,13-,14-,16?,38?/m1/s1. The van der Waals surface area contributed by atoms with Gasteiger partial charge in [0.2, 0.25) is 0 Å². The van der Waals surface area contributed by atoms with Crippen molar-refractivity contribution >= 4 is 55.0 Å². The fraction of sp³-hybridized carbons (Fsp3) is 0.550. The molecule has 40 heavy (non-hydrogen) atoms. The number of imidazole rings is 1. The Bertz CT molecular complexity index is 1600. The lowest BCUT2D eigenvalue weighted by Crippen LogP contribution is -2.39. The first-order chi connectivity index (χ1) is 18.9. The molecule has 0 aromatic carbocycles. The van der Waals surface area contributed by atoms with E-state index in [1.54, 1.807) is 11.5 Å². The van der Waals surface area contributed by atoms with Crippen LogP contribution in [0.3, 0.4) is 0 Å². The van der Waals surface area contributed by atoms with Crippen molar-refractivity contribution in [1.29, 1.82) is 0 Å². The van der Waals surface area contributed by atoms with E-state index in [1.165, 1.54) is 30.3 Å². The van der Waals surface area contributed by atoms with Gasteiger partial charge in [-0.1, -0.05) is 0 Å². The van der Waals surface area contributed by atoms with Crippen LogP contribution in [0.25, 0.3) is 11.2 Å². The Morgan fingerprint density at radius 3 is 2.88 bits per heavy atom. The van der Waals surface area contributed by atoms with Gasteiger partial charge in [0.15, 0.2) is 17.6 Å². The van der Waals surface area contributed by atoms with Crippen LogP contribution < -0.4 is 17.0 Å². The number of ether oxygens (including phenoxy) is 2. The summed E-state index contributed by atoms with van der Waals surface area (Å²) in [7, 11) is -2.40. The molecule has 0 radical (unpaired) electrons. The van der Waals surface area contributed by atoms with Gasteiger partial charge in [-0.2, -0.15) is 0 Å². The number of aromatic nitrogens is 6. The predicted octanol–water partition coefficient (Wildman–Crippen LogP) is 1.11. The molecule has 2 aliphatic rings. The number of hydrogen-bond acceptors (Lipinski definition) is 13. The Labute approximate surface area is 237 Å². The van der Waals surface area contributed by atoms with Gasteiger partial charge in [0.05, 0.1) is 37.8 Å². The van der Waals surface area contributed by atoms with Crippen LogP contribution in [0.5, 0.6) is 0 Å². The highest BCUT2D eigenvalue weighted by Crippen LogP contribution is 2.50. The molecule has 4 N–H and O–H groups in total. The molecule has 0 saturated carbocycles. The minimum absolute atomic E-state index is 0.0295. The second kappa shape index (κ2) is 11.6. The molecule has 5 rings (SSSR count). The van der Waals surface area contributed by atoms with Gasteiger partial charge in [0, 0.05) is 18.2 Å². The van der Waals surface area contributed by atoms with Gasteiger partial charge in [0.25, 0.3) is 5.56 Å². The number of aromatic amines is 1. The largest absolute Gasteiger partial charge is 0.582 e. The lowest BCUT2D eigenvalue weighted by molar-refractivity contribution is -0.0101. The van der Waals surface area contributed by atoms with E-state index in [4.69, 9.17) is 40.6 Å². The van der Waals surface area contributed by atoms with Crippen molar-refractivity contribution in [3.8, 4) is 0 Å². The zero-order chi connectivity index (χ0) is 28.8. The third-order valence-electron chi connectivity index (χ3n) is 6.64. The molecule has 16 nitrogen and oxygen atoms in total. The minimum atomic E-state index is -3.83. The molecule has 2 aliphatic heterocycles. The zero-order valence-electron chi connectivity index (χ0n) is 21.1. The Hall–Kier alpha value is -2.11. The molecule has 20 heteroatoms. The third kappa shape index (κ3) is 6.06. The normalized spacial score (nSPS) is 28.6. The number of rotatable bonds is 9. The molecule has 0 bridgehead atoms. The van der Waals surface area contributed by atoms with Gasteiger partial charge >= 0.3 is 19.6 Å². The van der Waals surface area contributed by atoms with Gasteiger partial charge in [-0.05, 0) is 30.2 Å². The number of anilines is 1. The topological polar surface area (TPSA) is 208 Å². The van der Waals surface area contributed by atoms with E-state index in [-0.39, 0.29) is 19.0 Å². The average Bonchev–Trinajstić information content (AvgIpc) is 3.58. The van der Waals surface area contributed by atoms with Crippen molar-refractivity contribution in [2.45, 2.75) is 57.0 Å². The molecule has 216 valence electrons. The highest BCUT2D eigenvalue weighted by atomic mass is 32.7. The molecule has 8 atom stereocenters. The molecule has 0 amide bonds. The van der Waals surface area contributed by atoms with Crippen LogP contribution in [0, 0.1) is 6.92 Å². The SMILES string of the molecule is Cc1cn(C2CO[C@H](COP(O)(=S)OC3C[C@H](n4cnc5c(N)ncnc54)O[C@@H]3C)C2O[P+](=O)S)c(=O)[nH]c1=O.